The number of carbonyl (C=O) groups excluding carboxylic acids is 1. The lowest BCUT2D eigenvalue weighted by Gasteiger charge is -2.36. The van der Waals surface area contributed by atoms with Crippen molar-refractivity contribution in [3.8, 4) is 11.1 Å². The third-order valence-corrected chi connectivity index (χ3v) is 16.0. The maximum absolute atomic E-state index is 14.2. The number of benzene rings is 5. The molecule has 20 heteroatoms. The number of sulfone groups is 1. The Morgan fingerprint density at radius 1 is 0.838 bits per heavy atom. The van der Waals surface area contributed by atoms with Crippen molar-refractivity contribution in [2.45, 2.75) is 76.4 Å². The van der Waals surface area contributed by atoms with Crippen molar-refractivity contribution < 1.29 is 58.2 Å². The summed E-state index contributed by atoms with van der Waals surface area (Å²) in [6.07, 6.45) is -3.43. The van der Waals surface area contributed by atoms with E-state index in [0.717, 1.165) is 29.2 Å². The fourth-order valence-corrected chi connectivity index (χ4v) is 11.2. The molecule has 0 aromatic heterocycles. The van der Waals surface area contributed by atoms with E-state index in [9.17, 15) is 58.2 Å². The van der Waals surface area contributed by atoms with Gasteiger partial charge in [0.1, 0.15) is 4.90 Å². The van der Waals surface area contributed by atoms with Crippen molar-refractivity contribution >= 4 is 48.9 Å². The Morgan fingerprint density at radius 3 is 2.09 bits per heavy atom. The van der Waals surface area contributed by atoms with Crippen LogP contribution in [0.15, 0.2) is 136 Å². The summed E-state index contributed by atoms with van der Waals surface area (Å²) in [6.45, 7) is 3.66. The van der Waals surface area contributed by atoms with E-state index in [0.29, 0.717) is 80.3 Å². The van der Waals surface area contributed by atoms with Crippen LogP contribution in [0.3, 0.4) is 0 Å². The van der Waals surface area contributed by atoms with Crippen LogP contribution in [0.4, 0.5) is 37.7 Å². The van der Waals surface area contributed by atoms with Crippen LogP contribution < -0.4 is 14.9 Å². The first-order chi connectivity index (χ1) is 32.1. The van der Waals surface area contributed by atoms with Crippen LogP contribution in [-0.2, 0) is 26.0 Å². The van der Waals surface area contributed by atoms with Crippen LogP contribution in [0.25, 0.3) is 11.1 Å². The van der Waals surface area contributed by atoms with Crippen LogP contribution in [0.2, 0.25) is 0 Å². The van der Waals surface area contributed by atoms with Gasteiger partial charge in [-0.15, -0.1) is 11.8 Å². The molecule has 0 spiro atoms. The smallest absolute Gasteiger partial charge is 0.395 e. The molecule has 1 aliphatic rings. The number of alkyl halides is 6. The zero-order valence-electron chi connectivity index (χ0n) is 37.0. The van der Waals surface area contributed by atoms with Gasteiger partial charge in [0.2, 0.25) is 0 Å². The topological polar surface area (TPSA) is 156 Å². The molecule has 1 heterocycles. The lowest BCUT2D eigenvalue weighted by Crippen LogP contribution is -2.36. The van der Waals surface area contributed by atoms with Gasteiger partial charge >= 0.3 is 11.7 Å². The van der Waals surface area contributed by atoms with E-state index < -0.39 is 70.6 Å². The van der Waals surface area contributed by atoms with Crippen LogP contribution in [-0.4, -0.2) is 94.5 Å². The third-order valence-electron chi connectivity index (χ3n) is 11.9. The van der Waals surface area contributed by atoms with Crippen molar-refractivity contribution in [1.29, 1.82) is 0 Å². The van der Waals surface area contributed by atoms with Gasteiger partial charge in [0.05, 0.1) is 28.9 Å². The fourth-order valence-electron chi connectivity index (χ4n) is 8.07. The number of nitrogens with one attached hydrogen (secondary N) is 2. The second kappa shape index (κ2) is 22.1. The molecule has 0 saturated carbocycles. The molecule has 5 aromatic carbocycles. The average molecular weight is 1010 g/mol. The monoisotopic (exact) mass is 1010 g/mol. The Morgan fingerprint density at radius 2 is 1.47 bits per heavy atom. The highest BCUT2D eigenvalue weighted by Gasteiger charge is 2.48. The van der Waals surface area contributed by atoms with Gasteiger partial charge in [-0.2, -0.15) is 26.3 Å². The fraction of sp³-hybridized carbons (Fsp3) is 0.354. The van der Waals surface area contributed by atoms with Crippen LogP contribution >= 0.6 is 11.8 Å². The molecule has 0 bridgehead atoms. The summed E-state index contributed by atoms with van der Waals surface area (Å²) in [4.78, 5) is 15.8. The summed E-state index contributed by atoms with van der Waals surface area (Å²) >= 11 is 1.41. The highest BCUT2D eigenvalue weighted by atomic mass is 32.2. The number of sulfonamides is 1. The number of hydrogen-bond acceptors (Lipinski definition) is 11. The maximum Gasteiger partial charge on any atom is 0.501 e. The number of carbonyl (C=O) groups is 1. The van der Waals surface area contributed by atoms with Crippen molar-refractivity contribution in [3.63, 3.8) is 0 Å². The van der Waals surface area contributed by atoms with E-state index in [1.54, 1.807) is 43.4 Å². The molecule has 1 fully saturated rings. The highest BCUT2D eigenvalue weighted by Crippen LogP contribution is 2.40. The Labute approximate surface area is 396 Å². The van der Waals surface area contributed by atoms with Gasteiger partial charge in [0.25, 0.3) is 25.8 Å². The molecular weight excluding hydrogens is 955 g/mol. The van der Waals surface area contributed by atoms with Crippen molar-refractivity contribution in [2.24, 2.45) is 5.92 Å². The summed E-state index contributed by atoms with van der Waals surface area (Å²) in [5, 5.41) is 23.4. The molecule has 0 aliphatic carbocycles. The first-order valence-corrected chi connectivity index (χ1v) is 25.5. The van der Waals surface area contributed by atoms with E-state index >= 15 is 0 Å². The number of amides is 1. The predicted octanol–water partition coefficient (Wildman–Crippen LogP) is 9.40. The Bertz CT molecular complexity index is 2700. The maximum atomic E-state index is 14.2. The molecular formula is C48H52F6N4O7S3. The lowest BCUT2D eigenvalue weighted by molar-refractivity contribution is -0.137. The van der Waals surface area contributed by atoms with Gasteiger partial charge in [0, 0.05) is 47.1 Å². The number of aliphatic hydroxyl groups excluding tert-OH is 2. The molecule has 1 saturated heterocycles. The molecule has 1 aliphatic heterocycles. The van der Waals surface area contributed by atoms with Gasteiger partial charge < -0.3 is 25.3 Å². The number of halogens is 6. The highest BCUT2D eigenvalue weighted by molar-refractivity contribution is 8.00. The van der Waals surface area contributed by atoms with E-state index in [2.05, 4.69) is 5.32 Å². The molecule has 4 N–H and O–H groups in total. The number of hydrogen-bond donors (Lipinski definition) is 4. The first kappa shape index (κ1) is 52.3. The number of thioether (sulfide) groups is 1. The molecule has 1 amide bonds. The largest absolute Gasteiger partial charge is 0.501 e. The Balaban J connectivity index is 1.14. The minimum atomic E-state index is -6.13. The number of rotatable bonds is 19. The Kier molecular flexibility index (Phi) is 17.0. The molecule has 11 nitrogen and oxygen atoms in total. The van der Waals surface area contributed by atoms with Crippen molar-refractivity contribution in [2.75, 3.05) is 50.1 Å². The first-order valence-electron chi connectivity index (χ1n) is 21.7. The Hall–Kier alpha value is -5.12. The quantitative estimate of drug-likeness (QED) is 0.0462. The zero-order chi connectivity index (χ0) is 49.4. The number of nitrogens with zero attached hydrogens (tertiary/aromatic N) is 2. The second-order valence-electron chi connectivity index (χ2n) is 16.6. The lowest BCUT2D eigenvalue weighted by atomic mass is 9.84. The van der Waals surface area contributed by atoms with Gasteiger partial charge in [-0.3, -0.25) is 4.79 Å². The summed E-state index contributed by atoms with van der Waals surface area (Å²) in [5.41, 5.74) is -4.74. The minimum Gasteiger partial charge on any atom is -0.395 e. The molecule has 5 aromatic rings. The normalized spacial score (nSPS) is 15.5. The predicted molar refractivity (Wildman–Crippen MR) is 251 cm³/mol. The van der Waals surface area contributed by atoms with Crippen LogP contribution in [0, 0.1) is 5.92 Å². The molecule has 6 rings (SSSR count). The molecule has 1 unspecified atom stereocenters. The molecule has 68 heavy (non-hydrogen) atoms. The SMILES string of the molecule is CC(Sc1ccccc1)[C@@H](CCCN(C)CCO)Nc1ccc(S(=O)(=O)NC(=O)c2ccc(N3CCC([C@@H](O)c4ccccc4-c4ccc(C(F)(F)F)cc4)CC3)cc2)cc1S(=O)(=O)C(F)(F)F. The van der Waals surface area contributed by atoms with Gasteiger partial charge in [-0.1, -0.05) is 61.5 Å². The van der Waals surface area contributed by atoms with E-state index in [1.165, 1.54) is 36.0 Å². The van der Waals surface area contributed by atoms with E-state index in [1.807, 2.05) is 51.8 Å². The van der Waals surface area contributed by atoms with Gasteiger partial charge in [-0.25, -0.2) is 21.6 Å². The summed E-state index contributed by atoms with van der Waals surface area (Å²) in [6, 6.07) is 28.5. The van der Waals surface area contributed by atoms with Crippen molar-refractivity contribution in [1.82, 2.24) is 9.62 Å². The summed E-state index contributed by atoms with van der Waals surface area (Å²) < 4.78 is 137. The van der Waals surface area contributed by atoms with E-state index in [-0.39, 0.29) is 23.3 Å². The second-order valence-corrected chi connectivity index (χ2v) is 21.6. The number of likely N-dealkylation sites (N-methyl/N-ethyl adjacent to an activating group) is 1. The van der Waals surface area contributed by atoms with Crippen LogP contribution in [0.5, 0.6) is 0 Å². The zero-order valence-corrected chi connectivity index (χ0v) is 39.5. The van der Waals surface area contributed by atoms with Crippen molar-refractivity contribution in [3.05, 3.63) is 138 Å². The molecule has 366 valence electrons. The number of piperidine rings is 1. The van der Waals surface area contributed by atoms with E-state index in [4.69, 9.17) is 0 Å². The standard InChI is InChI=1S/C48H52F6N4O7S3/c1-32(66-38-9-4-3-5-10-38)42(13-8-26-57(2)29-30-59)55-43-23-22-39(31-44(43)67(62,63)48(52,53)54)68(64,65)56-46(61)35-16-20-37(21-17-35)58-27-24-34(25-28-58)45(60)41-12-7-6-11-40(41)33-14-18-36(19-15-33)47(49,50)51/h3-7,9-12,14-23,31-32,34,42,45,55,59-60H,8,13,24-30H2,1-2H3,(H,56,61)/t32?,42-,45-/m1/s1. The number of anilines is 2. The van der Waals surface area contributed by atoms with Gasteiger partial charge in [0.15, 0.2) is 0 Å². The minimum absolute atomic E-state index is 0.0753. The number of aliphatic hydroxyl groups is 2. The summed E-state index contributed by atoms with van der Waals surface area (Å²) in [5.74, 6) is -1.31. The molecule has 0 radical (unpaired) electrons. The average Bonchev–Trinajstić information content (AvgIpc) is 3.30. The van der Waals surface area contributed by atoms with Crippen LogP contribution in [0.1, 0.15) is 60.2 Å². The summed E-state index contributed by atoms with van der Waals surface area (Å²) in [7, 11) is -9.27. The van der Waals surface area contributed by atoms with Gasteiger partial charge in [-0.05, 0) is 129 Å². The third kappa shape index (κ3) is 12.9. The molecule has 3 atom stereocenters.